The molecule has 0 spiro atoms. The lowest BCUT2D eigenvalue weighted by Crippen LogP contribution is -2.32. The van der Waals surface area contributed by atoms with Gasteiger partial charge in [0.25, 0.3) is 0 Å². The van der Waals surface area contributed by atoms with Crippen LogP contribution in [0.2, 0.25) is 0 Å². The first-order valence-electron chi connectivity index (χ1n) is 4.75. The van der Waals surface area contributed by atoms with E-state index in [4.69, 9.17) is 0 Å². The van der Waals surface area contributed by atoms with Crippen molar-refractivity contribution in [2.45, 2.75) is 25.9 Å². The molecule has 3 heteroatoms. The Morgan fingerprint density at radius 3 is 2.43 bits per heavy atom. The van der Waals surface area contributed by atoms with E-state index in [1.807, 2.05) is 38.1 Å². The van der Waals surface area contributed by atoms with Crippen LogP contribution in [0.15, 0.2) is 24.3 Å². The van der Waals surface area contributed by atoms with E-state index in [9.17, 15) is 5.11 Å². The summed E-state index contributed by atoms with van der Waals surface area (Å²) in [4.78, 5) is 0. The Bertz CT molecular complexity index is 282. The van der Waals surface area contributed by atoms with E-state index in [0.29, 0.717) is 6.54 Å². The monoisotopic (exact) mass is 305 g/mol. The topological polar surface area (TPSA) is 32.3 Å². The zero-order valence-electron chi connectivity index (χ0n) is 8.55. The normalized spacial score (nSPS) is 14.9. The predicted octanol–water partition coefficient (Wildman–Crippen LogP) is 2.86. The highest BCUT2D eigenvalue weighted by Crippen LogP contribution is 2.14. The number of halogens is 1. The van der Waals surface area contributed by atoms with Crippen molar-refractivity contribution in [1.29, 1.82) is 0 Å². The quantitative estimate of drug-likeness (QED) is 0.838. The summed E-state index contributed by atoms with van der Waals surface area (Å²) in [7, 11) is 0. The summed E-state index contributed by atoms with van der Waals surface area (Å²) in [5.74, 6) is 0. The molecule has 0 bridgehead atoms. The van der Waals surface area contributed by atoms with Crippen LogP contribution >= 0.6 is 22.6 Å². The van der Waals surface area contributed by atoms with Crippen LogP contribution in [0.3, 0.4) is 0 Å². The molecular weight excluding hydrogens is 289 g/mol. The molecule has 0 aliphatic rings. The maximum absolute atomic E-state index is 9.78. The Morgan fingerprint density at radius 2 is 1.93 bits per heavy atom. The summed E-state index contributed by atoms with van der Waals surface area (Å²) in [5.41, 5.74) is 0.433. The van der Waals surface area contributed by atoms with Crippen molar-refractivity contribution >= 4 is 28.3 Å². The number of hydrogen-bond donors (Lipinski definition) is 2. The van der Waals surface area contributed by atoms with Gasteiger partial charge in [0.05, 0.1) is 5.60 Å². The van der Waals surface area contributed by atoms with E-state index in [1.54, 1.807) is 0 Å². The summed E-state index contributed by atoms with van der Waals surface area (Å²) >= 11 is 2.27. The lowest BCUT2D eigenvalue weighted by molar-refractivity contribution is 0.0697. The average molecular weight is 305 g/mol. The predicted molar refractivity (Wildman–Crippen MR) is 68.6 cm³/mol. The molecular formula is C11H16INO. The maximum atomic E-state index is 9.78. The van der Waals surface area contributed by atoms with Crippen molar-refractivity contribution in [3.05, 3.63) is 27.8 Å². The summed E-state index contributed by atoms with van der Waals surface area (Å²) in [5, 5.41) is 13.0. The highest BCUT2D eigenvalue weighted by molar-refractivity contribution is 14.1. The van der Waals surface area contributed by atoms with Crippen LogP contribution in [0.25, 0.3) is 0 Å². The second-order valence-electron chi connectivity index (χ2n) is 3.71. The molecule has 1 aromatic rings. The Kier molecular flexibility index (Phi) is 4.19. The van der Waals surface area contributed by atoms with Crippen LogP contribution in [-0.2, 0) is 0 Å². The molecule has 14 heavy (non-hydrogen) atoms. The van der Waals surface area contributed by atoms with Crippen LogP contribution < -0.4 is 5.32 Å². The van der Waals surface area contributed by atoms with Crippen molar-refractivity contribution in [3.63, 3.8) is 0 Å². The fourth-order valence-corrected chi connectivity index (χ4v) is 1.34. The van der Waals surface area contributed by atoms with Crippen LogP contribution in [0.5, 0.6) is 0 Å². The Balaban J connectivity index is 2.50. The first kappa shape index (κ1) is 11.8. The van der Waals surface area contributed by atoms with Gasteiger partial charge in [0.2, 0.25) is 0 Å². The van der Waals surface area contributed by atoms with E-state index in [0.717, 1.165) is 12.1 Å². The molecule has 1 aromatic carbocycles. The van der Waals surface area contributed by atoms with Gasteiger partial charge >= 0.3 is 0 Å². The zero-order valence-corrected chi connectivity index (χ0v) is 10.7. The van der Waals surface area contributed by atoms with Crippen LogP contribution in [0, 0.1) is 3.57 Å². The van der Waals surface area contributed by atoms with Gasteiger partial charge in [-0.3, -0.25) is 0 Å². The molecule has 0 saturated carbocycles. The summed E-state index contributed by atoms with van der Waals surface area (Å²) in [6.07, 6.45) is 0.754. The number of rotatable bonds is 4. The molecule has 0 fully saturated rings. The molecule has 78 valence electrons. The van der Waals surface area contributed by atoms with Gasteiger partial charge in [-0.2, -0.15) is 0 Å². The average Bonchev–Trinajstić information content (AvgIpc) is 2.17. The Hall–Kier alpha value is -0.290. The smallest absolute Gasteiger partial charge is 0.0788 e. The molecule has 1 rings (SSSR count). The molecule has 0 aliphatic heterocycles. The van der Waals surface area contributed by atoms with Crippen molar-refractivity contribution in [1.82, 2.24) is 0 Å². The van der Waals surface area contributed by atoms with E-state index in [2.05, 4.69) is 27.9 Å². The third kappa shape index (κ3) is 3.84. The number of anilines is 1. The molecule has 0 aromatic heterocycles. The second-order valence-corrected chi connectivity index (χ2v) is 4.96. The Morgan fingerprint density at radius 1 is 1.36 bits per heavy atom. The van der Waals surface area contributed by atoms with Gasteiger partial charge in [0.15, 0.2) is 0 Å². The van der Waals surface area contributed by atoms with Gasteiger partial charge in [-0.15, -0.1) is 0 Å². The van der Waals surface area contributed by atoms with Gasteiger partial charge in [0, 0.05) is 15.8 Å². The molecule has 0 radical (unpaired) electrons. The zero-order chi connectivity index (χ0) is 10.6. The molecule has 2 nitrogen and oxygen atoms in total. The third-order valence-corrected chi connectivity index (χ3v) is 3.00. The third-order valence-electron chi connectivity index (χ3n) is 2.28. The molecule has 2 N–H and O–H groups in total. The first-order chi connectivity index (χ1) is 6.53. The molecule has 1 atom stereocenters. The van der Waals surface area contributed by atoms with Crippen molar-refractivity contribution in [3.8, 4) is 0 Å². The molecule has 0 amide bonds. The fourth-order valence-electron chi connectivity index (χ4n) is 0.985. The highest BCUT2D eigenvalue weighted by atomic mass is 127. The summed E-state index contributed by atoms with van der Waals surface area (Å²) in [6.45, 7) is 4.41. The van der Waals surface area contributed by atoms with Crippen molar-refractivity contribution in [2.75, 3.05) is 11.9 Å². The van der Waals surface area contributed by atoms with E-state index >= 15 is 0 Å². The molecule has 0 aliphatic carbocycles. The summed E-state index contributed by atoms with van der Waals surface area (Å²) < 4.78 is 1.22. The van der Waals surface area contributed by atoms with E-state index in [-0.39, 0.29) is 0 Å². The van der Waals surface area contributed by atoms with Crippen LogP contribution in [0.4, 0.5) is 5.69 Å². The van der Waals surface area contributed by atoms with E-state index < -0.39 is 5.60 Å². The minimum Gasteiger partial charge on any atom is -0.388 e. The number of benzene rings is 1. The van der Waals surface area contributed by atoms with Gasteiger partial charge in [-0.25, -0.2) is 0 Å². The van der Waals surface area contributed by atoms with E-state index in [1.165, 1.54) is 3.57 Å². The Labute approximate surface area is 98.9 Å². The molecule has 0 heterocycles. The standard InChI is InChI=1S/C11H16INO/c1-3-11(2,14)8-13-10-6-4-9(12)5-7-10/h4-7,13-14H,3,8H2,1-2H3. The number of aliphatic hydroxyl groups is 1. The minimum atomic E-state index is -0.622. The van der Waals surface area contributed by atoms with Gasteiger partial charge in [0.1, 0.15) is 0 Å². The lowest BCUT2D eigenvalue weighted by Gasteiger charge is -2.22. The largest absolute Gasteiger partial charge is 0.388 e. The highest BCUT2D eigenvalue weighted by Gasteiger charge is 2.16. The van der Waals surface area contributed by atoms with Crippen molar-refractivity contribution < 1.29 is 5.11 Å². The SMILES string of the molecule is CCC(C)(O)CNc1ccc(I)cc1. The minimum absolute atomic E-state index is 0.587. The first-order valence-corrected chi connectivity index (χ1v) is 5.83. The van der Waals surface area contributed by atoms with Crippen molar-refractivity contribution in [2.24, 2.45) is 0 Å². The summed E-state index contributed by atoms with van der Waals surface area (Å²) in [6, 6.07) is 8.13. The second kappa shape index (κ2) is 4.98. The number of nitrogens with one attached hydrogen (secondary N) is 1. The van der Waals surface area contributed by atoms with Crippen LogP contribution in [0.1, 0.15) is 20.3 Å². The van der Waals surface area contributed by atoms with Gasteiger partial charge in [-0.05, 0) is 60.2 Å². The van der Waals surface area contributed by atoms with Gasteiger partial charge in [-0.1, -0.05) is 6.92 Å². The van der Waals surface area contributed by atoms with Crippen LogP contribution in [-0.4, -0.2) is 17.3 Å². The van der Waals surface area contributed by atoms with Gasteiger partial charge < -0.3 is 10.4 Å². The fraction of sp³-hybridized carbons (Fsp3) is 0.455. The number of hydrogen-bond acceptors (Lipinski definition) is 2. The molecule has 1 unspecified atom stereocenters. The maximum Gasteiger partial charge on any atom is 0.0788 e. The lowest BCUT2D eigenvalue weighted by atomic mass is 10.0. The molecule has 0 saturated heterocycles.